The van der Waals surface area contributed by atoms with Crippen LogP contribution < -0.4 is 5.73 Å². The van der Waals surface area contributed by atoms with E-state index in [9.17, 15) is 4.79 Å². The maximum Gasteiger partial charge on any atom is 0.239 e. The summed E-state index contributed by atoms with van der Waals surface area (Å²) in [7, 11) is 0. The summed E-state index contributed by atoms with van der Waals surface area (Å²) >= 11 is 0. The van der Waals surface area contributed by atoms with Crippen LogP contribution in [0, 0.1) is 0 Å². The quantitative estimate of drug-likeness (QED) is 0.783. The minimum absolute atomic E-state index is 0.0448. The Morgan fingerprint density at radius 1 is 1.24 bits per heavy atom. The van der Waals surface area contributed by atoms with E-state index in [0.717, 1.165) is 32.5 Å². The van der Waals surface area contributed by atoms with Crippen LogP contribution >= 0.6 is 0 Å². The lowest BCUT2D eigenvalue weighted by Crippen LogP contribution is -2.52. The second kappa shape index (κ2) is 6.97. The van der Waals surface area contributed by atoms with Gasteiger partial charge in [0.15, 0.2) is 0 Å². The summed E-state index contributed by atoms with van der Waals surface area (Å²) in [5.74, 6) is 0.270. The molecule has 100 valence electrons. The van der Waals surface area contributed by atoms with Crippen LogP contribution in [-0.2, 0) is 4.79 Å². The molecule has 17 heavy (non-hydrogen) atoms. The molecule has 0 radical (unpaired) electrons. The number of rotatable bonds is 5. The molecule has 1 amide bonds. The van der Waals surface area contributed by atoms with Crippen LogP contribution in [0.5, 0.6) is 0 Å². The molecule has 0 bridgehead atoms. The number of nitrogens with two attached hydrogens (primary N) is 1. The maximum atomic E-state index is 12.4. The molecule has 0 aromatic heterocycles. The third kappa shape index (κ3) is 3.96. The topological polar surface area (TPSA) is 49.6 Å². The Bertz CT molecular complexity index is 237. The van der Waals surface area contributed by atoms with E-state index in [1.807, 2.05) is 11.8 Å². The number of carbonyl (C=O) groups excluding carboxylic acids is 1. The standard InChI is InChI=1S/C13H27N3O/c1-11(2)16(10-7-14)12(3)13(17)15-8-5-4-6-9-15/h11-12H,4-10,14H2,1-3H3. The molecule has 1 unspecified atom stereocenters. The van der Waals surface area contributed by atoms with Crippen molar-refractivity contribution in [2.75, 3.05) is 26.2 Å². The molecule has 1 rings (SSSR count). The number of piperidine rings is 1. The van der Waals surface area contributed by atoms with Crippen molar-refractivity contribution in [2.24, 2.45) is 5.73 Å². The largest absolute Gasteiger partial charge is 0.341 e. The van der Waals surface area contributed by atoms with Crippen LogP contribution in [-0.4, -0.2) is 54.0 Å². The summed E-state index contributed by atoms with van der Waals surface area (Å²) in [6.07, 6.45) is 3.56. The molecule has 4 heteroatoms. The normalized spacial score (nSPS) is 18.8. The summed E-state index contributed by atoms with van der Waals surface area (Å²) in [6, 6.07) is 0.318. The van der Waals surface area contributed by atoms with Gasteiger partial charge in [0.25, 0.3) is 0 Å². The van der Waals surface area contributed by atoms with Crippen molar-refractivity contribution < 1.29 is 4.79 Å². The van der Waals surface area contributed by atoms with Crippen LogP contribution in [0.25, 0.3) is 0 Å². The van der Waals surface area contributed by atoms with Gasteiger partial charge in [0.1, 0.15) is 0 Å². The Labute approximate surface area is 105 Å². The van der Waals surface area contributed by atoms with Gasteiger partial charge in [-0.25, -0.2) is 0 Å². The Morgan fingerprint density at radius 3 is 2.29 bits per heavy atom. The van der Waals surface area contributed by atoms with Crippen LogP contribution in [0.3, 0.4) is 0 Å². The maximum absolute atomic E-state index is 12.4. The van der Waals surface area contributed by atoms with Crippen LogP contribution in [0.2, 0.25) is 0 Å². The smallest absolute Gasteiger partial charge is 0.239 e. The van der Waals surface area contributed by atoms with E-state index < -0.39 is 0 Å². The minimum Gasteiger partial charge on any atom is -0.341 e. The van der Waals surface area contributed by atoms with E-state index in [-0.39, 0.29) is 11.9 Å². The molecule has 0 aromatic rings. The Kier molecular flexibility index (Phi) is 5.92. The van der Waals surface area contributed by atoms with Gasteiger partial charge in [-0.1, -0.05) is 0 Å². The summed E-state index contributed by atoms with van der Waals surface area (Å²) in [6.45, 7) is 9.50. The van der Waals surface area contributed by atoms with E-state index in [2.05, 4.69) is 18.7 Å². The van der Waals surface area contributed by atoms with Gasteiger partial charge in [-0.2, -0.15) is 0 Å². The van der Waals surface area contributed by atoms with Crippen molar-refractivity contribution in [2.45, 2.75) is 52.1 Å². The number of nitrogens with zero attached hydrogens (tertiary/aromatic N) is 2. The number of hydrogen-bond acceptors (Lipinski definition) is 3. The van der Waals surface area contributed by atoms with Gasteiger partial charge in [0.2, 0.25) is 5.91 Å². The molecule has 2 N–H and O–H groups in total. The van der Waals surface area contributed by atoms with Gasteiger partial charge in [0, 0.05) is 32.2 Å². The van der Waals surface area contributed by atoms with E-state index in [0.29, 0.717) is 12.6 Å². The zero-order valence-corrected chi connectivity index (χ0v) is 11.5. The lowest BCUT2D eigenvalue weighted by molar-refractivity contribution is -0.138. The first-order chi connectivity index (χ1) is 8.07. The van der Waals surface area contributed by atoms with E-state index in [1.165, 1.54) is 6.42 Å². The third-order valence-corrected chi connectivity index (χ3v) is 3.57. The SMILES string of the molecule is CC(C)N(CCN)C(C)C(=O)N1CCCCC1. The predicted octanol–water partition coefficient (Wildman–Crippen LogP) is 1.06. The Hall–Kier alpha value is -0.610. The van der Waals surface area contributed by atoms with E-state index >= 15 is 0 Å². The minimum atomic E-state index is -0.0448. The molecule has 1 aliphatic rings. The van der Waals surface area contributed by atoms with Gasteiger partial charge < -0.3 is 10.6 Å². The summed E-state index contributed by atoms with van der Waals surface area (Å²) in [5.41, 5.74) is 5.62. The molecule has 1 aliphatic heterocycles. The highest BCUT2D eigenvalue weighted by Gasteiger charge is 2.27. The molecule has 0 aromatic carbocycles. The zero-order chi connectivity index (χ0) is 12.8. The van der Waals surface area contributed by atoms with E-state index in [4.69, 9.17) is 5.73 Å². The summed E-state index contributed by atoms with van der Waals surface area (Å²) in [5, 5.41) is 0. The Balaban J connectivity index is 2.58. The average Bonchev–Trinajstić information content (AvgIpc) is 2.35. The van der Waals surface area contributed by atoms with Crippen molar-refractivity contribution in [1.82, 2.24) is 9.80 Å². The highest BCUT2D eigenvalue weighted by molar-refractivity contribution is 5.81. The van der Waals surface area contributed by atoms with Crippen molar-refractivity contribution in [3.8, 4) is 0 Å². The zero-order valence-electron chi connectivity index (χ0n) is 11.5. The lowest BCUT2D eigenvalue weighted by atomic mass is 10.1. The van der Waals surface area contributed by atoms with Crippen molar-refractivity contribution in [1.29, 1.82) is 0 Å². The van der Waals surface area contributed by atoms with Gasteiger partial charge in [0.05, 0.1) is 6.04 Å². The van der Waals surface area contributed by atoms with Gasteiger partial charge in [-0.15, -0.1) is 0 Å². The van der Waals surface area contributed by atoms with Crippen LogP contribution in [0.1, 0.15) is 40.0 Å². The number of amides is 1. The first-order valence-corrected chi connectivity index (χ1v) is 6.82. The fraction of sp³-hybridized carbons (Fsp3) is 0.923. The highest BCUT2D eigenvalue weighted by atomic mass is 16.2. The number of hydrogen-bond donors (Lipinski definition) is 1. The van der Waals surface area contributed by atoms with Crippen molar-refractivity contribution >= 4 is 5.91 Å². The molecule has 4 nitrogen and oxygen atoms in total. The summed E-state index contributed by atoms with van der Waals surface area (Å²) < 4.78 is 0. The Morgan fingerprint density at radius 2 is 1.82 bits per heavy atom. The van der Waals surface area contributed by atoms with Crippen LogP contribution in [0.4, 0.5) is 0 Å². The molecule has 1 atom stereocenters. The van der Waals surface area contributed by atoms with Gasteiger partial charge in [-0.3, -0.25) is 9.69 Å². The molecule has 0 spiro atoms. The molecule has 1 fully saturated rings. The second-order valence-electron chi connectivity index (χ2n) is 5.18. The second-order valence-corrected chi connectivity index (χ2v) is 5.18. The molecular formula is C13H27N3O. The molecule has 0 saturated carbocycles. The van der Waals surface area contributed by atoms with Gasteiger partial charge in [-0.05, 0) is 40.0 Å². The average molecular weight is 241 g/mol. The molecular weight excluding hydrogens is 214 g/mol. The third-order valence-electron chi connectivity index (χ3n) is 3.57. The molecule has 1 heterocycles. The van der Waals surface area contributed by atoms with Crippen LogP contribution in [0.15, 0.2) is 0 Å². The highest BCUT2D eigenvalue weighted by Crippen LogP contribution is 2.13. The molecule has 0 aliphatic carbocycles. The van der Waals surface area contributed by atoms with Gasteiger partial charge >= 0.3 is 0 Å². The van der Waals surface area contributed by atoms with Crippen molar-refractivity contribution in [3.63, 3.8) is 0 Å². The lowest BCUT2D eigenvalue weighted by Gasteiger charge is -2.36. The monoisotopic (exact) mass is 241 g/mol. The number of likely N-dealkylation sites (tertiary alicyclic amines) is 1. The number of carbonyl (C=O) groups is 1. The molecule has 1 saturated heterocycles. The summed E-state index contributed by atoms with van der Waals surface area (Å²) in [4.78, 5) is 16.6. The fourth-order valence-electron chi connectivity index (χ4n) is 2.57. The first-order valence-electron chi connectivity index (χ1n) is 6.82. The van der Waals surface area contributed by atoms with E-state index in [1.54, 1.807) is 0 Å². The predicted molar refractivity (Wildman–Crippen MR) is 70.8 cm³/mol. The van der Waals surface area contributed by atoms with Crippen molar-refractivity contribution in [3.05, 3.63) is 0 Å². The fourth-order valence-corrected chi connectivity index (χ4v) is 2.57. The first kappa shape index (κ1) is 14.5.